The zero-order valence-electron chi connectivity index (χ0n) is 25.2. The molecule has 0 aliphatic carbocycles. The second-order valence-corrected chi connectivity index (χ2v) is 12.2. The second kappa shape index (κ2) is 12.8. The number of hydrogen-bond donors (Lipinski definition) is 1. The topological polar surface area (TPSA) is 118 Å². The first-order chi connectivity index (χ1) is 20.1. The Hall–Kier alpha value is -3.54. The number of aromatic nitrogens is 2. The number of carbonyl (C=O) groups excluding carboxylic acids is 3. The van der Waals surface area contributed by atoms with Gasteiger partial charge in [-0.25, -0.2) is 23.7 Å². The maximum atomic E-state index is 13.3. The smallest absolute Gasteiger partial charge is 0.409 e. The number of likely N-dealkylation sites (tertiary alicyclic amines) is 1. The number of amides is 3. The van der Waals surface area contributed by atoms with E-state index in [4.69, 9.17) is 9.47 Å². The molecule has 0 spiro atoms. The number of para-hydroxylation sites is 2. The zero-order valence-corrected chi connectivity index (χ0v) is 25.2. The summed E-state index contributed by atoms with van der Waals surface area (Å²) in [6.45, 7) is 6.11. The molecular formula is C30H44N6O6. The molecule has 3 fully saturated rings. The Morgan fingerprint density at radius 2 is 1.64 bits per heavy atom. The molecule has 0 radical (unpaired) electrons. The molecule has 2 unspecified atom stereocenters. The number of fused-ring (bicyclic) bond motifs is 3. The summed E-state index contributed by atoms with van der Waals surface area (Å²) in [5.41, 5.74) is 1.08. The van der Waals surface area contributed by atoms with Crippen molar-refractivity contribution in [3.8, 4) is 0 Å². The van der Waals surface area contributed by atoms with Crippen LogP contribution >= 0.6 is 0 Å². The van der Waals surface area contributed by atoms with E-state index in [1.165, 1.54) is 9.47 Å². The lowest BCUT2D eigenvalue weighted by Crippen LogP contribution is -2.52. The van der Waals surface area contributed by atoms with Crippen LogP contribution in [0.5, 0.6) is 0 Å². The molecular weight excluding hydrogens is 540 g/mol. The molecule has 12 heteroatoms. The molecule has 4 heterocycles. The Bertz CT molecular complexity index is 1330. The van der Waals surface area contributed by atoms with Crippen molar-refractivity contribution in [2.75, 3.05) is 40.3 Å². The van der Waals surface area contributed by atoms with E-state index in [9.17, 15) is 19.2 Å². The van der Waals surface area contributed by atoms with Gasteiger partial charge < -0.3 is 24.6 Å². The molecule has 12 nitrogen and oxygen atoms in total. The fraction of sp³-hybridized carbons (Fsp3) is 0.667. The Labute approximate surface area is 246 Å². The minimum atomic E-state index is -0.361. The minimum Gasteiger partial charge on any atom is -0.449 e. The summed E-state index contributed by atoms with van der Waals surface area (Å²) in [7, 11) is 3.30. The van der Waals surface area contributed by atoms with E-state index in [-0.39, 0.29) is 42.1 Å². The van der Waals surface area contributed by atoms with Gasteiger partial charge in [0.1, 0.15) is 6.10 Å². The fourth-order valence-electron chi connectivity index (χ4n) is 6.76. The largest absolute Gasteiger partial charge is 0.449 e. The van der Waals surface area contributed by atoms with Crippen molar-refractivity contribution in [2.45, 2.75) is 89.1 Å². The molecule has 3 saturated heterocycles. The van der Waals surface area contributed by atoms with Crippen LogP contribution in [0.15, 0.2) is 29.1 Å². The minimum absolute atomic E-state index is 0.0112. The van der Waals surface area contributed by atoms with Gasteiger partial charge in [0.2, 0.25) is 0 Å². The molecule has 42 heavy (non-hydrogen) atoms. The number of carbonyl (C=O) groups is 3. The molecule has 3 amide bonds. The first kappa shape index (κ1) is 29.9. The van der Waals surface area contributed by atoms with Gasteiger partial charge in [0.25, 0.3) is 0 Å². The third kappa shape index (κ3) is 6.28. The van der Waals surface area contributed by atoms with Gasteiger partial charge >= 0.3 is 23.9 Å². The summed E-state index contributed by atoms with van der Waals surface area (Å²) in [4.78, 5) is 56.4. The third-order valence-electron chi connectivity index (χ3n) is 8.83. The van der Waals surface area contributed by atoms with Gasteiger partial charge in [0, 0.05) is 70.7 Å². The fourth-order valence-corrected chi connectivity index (χ4v) is 6.76. The quantitative estimate of drug-likeness (QED) is 0.494. The van der Waals surface area contributed by atoms with Crippen molar-refractivity contribution in [3.63, 3.8) is 0 Å². The highest BCUT2D eigenvalue weighted by Gasteiger charge is 2.41. The van der Waals surface area contributed by atoms with E-state index in [1.807, 2.05) is 38.1 Å². The zero-order chi connectivity index (χ0) is 30.0. The molecule has 1 aromatic carbocycles. The standard InChI is InChI=1S/C30H44N6O6/c1-20(2)35-25-8-5-6-9-26(25)36(28(35)38)27(37)31-21-18-22-10-11-23(19-21)34(22)14-7-17-41-30(40)33-15-12-24(13-16-33)42-29(39)32(3)4/h5-6,8-9,20-24H,7,10-19H2,1-4H3,(H,31,37). The summed E-state index contributed by atoms with van der Waals surface area (Å²) < 4.78 is 13.9. The van der Waals surface area contributed by atoms with Crippen molar-refractivity contribution in [3.05, 3.63) is 34.7 Å². The lowest BCUT2D eigenvalue weighted by molar-refractivity contribution is 0.0298. The molecule has 1 N–H and O–H groups in total. The summed E-state index contributed by atoms with van der Waals surface area (Å²) >= 11 is 0. The predicted octanol–water partition coefficient (Wildman–Crippen LogP) is 3.63. The number of benzene rings is 1. The van der Waals surface area contributed by atoms with Crippen LogP contribution < -0.4 is 11.0 Å². The van der Waals surface area contributed by atoms with E-state index in [0.717, 1.165) is 44.2 Å². The number of hydrogen-bond acceptors (Lipinski definition) is 7. The van der Waals surface area contributed by atoms with E-state index in [2.05, 4.69) is 10.2 Å². The van der Waals surface area contributed by atoms with Crippen LogP contribution in [0, 0.1) is 0 Å². The number of ether oxygens (including phenoxy) is 2. The molecule has 2 aromatic rings. The highest BCUT2D eigenvalue weighted by Crippen LogP contribution is 2.36. The van der Waals surface area contributed by atoms with Gasteiger partial charge in [0.05, 0.1) is 17.6 Å². The molecule has 5 rings (SSSR count). The Kier molecular flexibility index (Phi) is 9.10. The van der Waals surface area contributed by atoms with Crippen LogP contribution in [0.1, 0.15) is 64.8 Å². The lowest BCUT2D eigenvalue weighted by Gasteiger charge is -2.39. The van der Waals surface area contributed by atoms with Crippen LogP contribution in [0.3, 0.4) is 0 Å². The number of nitrogens with zero attached hydrogens (tertiary/aromatic N) is 5. The Morgan fingerprint density at radius 1 is 1.00 bits per heavy atom. The maximum absolute atomic E-state index is 13.3. The van der Waals surface area contributed by atoms with Gasteiger partial charge in [0.15, 0.2) is 0 Å². The third-order valence-corrected chi connectivity index (χ3v) is 8.83. The number of rotatable bonds is 7. The normalized spacial score (nSPS) is 22.9. The molecule has 3 aliphatic heterocycles. The van der Waals surface area contributed by atoms with Gasteiger partial charge in [-0.3, -0.25) is 9.47 Å². The molecule has 3 aliphatic rings. The Morgan fingerprint density at radius 3 is 2.26 bits per heavy atom. The number of piperidine rings is 2. The Balaban J connectivity index is 1.07. The first-order valence-electron chi connectivity index (χ1n) is 15.2. The van der Waals surface area contributed by atoms with E-state index < -0.39 is 0 Å². The van der Waals surface area contributed by atoms with Crippen LogP contribution in [-0.4, -0.2) is 107 Å². The summed E-state index contributed by atoms with van der Waals surface area (Å²) in [6, 6.07) is 7.75. The van der Waals surface area contributed by atoms with E-state index in [1.54, 1.807) is 23.6 Å². The SMILES string of the molecule is CC(C)n1c(=O)n(C(=O)NC2CC3CCC(C2)N3CCCOC(=O)N2CCC(OC(=O)N(C)C)CC2)c2ccccc21. The van der Waals surface area contributed by atoms with Crippen molar-refractivity contribution in [2.24, 2.45) is 0 Å². The van der Waals surface area contributed by atoms with Gasteiger partial charge in [-0.05, 0) is 58.1 Å². The number of imidazole rings is 1. The molecule has 2 bridgehead atoms. The average Bonchev–Trinajstić information content (AvgIpc) is 3.39. The molecule has 2 atom stereocenters. The van der Waals surface area contributed by atoms with Crippen LogP contribution in [0.2, 0.25) is 0 Å². The maximum Gasteiger partial charge on any atom is 0.409 e. The summed E-state index contributed by atoms with van der Waals surface area (Å²) in [6.07, 6.45) is 4.96. The number of nitrogens with one attached hydrogen (secondary N) is 1. The first-order valence-corrected chi connectivity index (χ1v) is 15.2. The van der Waals surface area contributed by atoms with Crippen molar-refractivity contribution in [1.29, 1.82) is 0 Å². The average molecular weight is 585 g/mol. The van der Waals surface area contributed by atoms with Gasteiger partial charge in [-0.1, -0.05) is 12.1 Å². The van der Waals surface area contributed by atoms with Crippen LogP contribution in [0.25, 0.3) is 11.0 Å². The van der Waals surface area contributed by atoms with Gasteiger partial charge in [-0.15, -0.1) is 0 Å². The summed E-state index contributed by atoms with van der Waals surface area (Å²) in [5.74, 6) is 0. The van der Waals surface area contributed by atoms with Crippen LogP contribution in [-0.2, 0) is 9.47 Å². The van der Waals surface area contributed by atoms with Crippen LogP contribution in [0.4, 0.5) is 14.4 Å². The van der Waals surface area contributed by atoms with Crippen molar-refractivity contribution < 1.29 is 23.9 Å². The molecule has 0 saturated carbocycles. The summed E-state index contributed by atoms with van der Waals surface area (Å²) in [5, 5.41) is 3.16. The van der Waals surface area contributed by atoms with Crippen molar-refractivity contribution in [1.82, 2.24) is 29.2 Å². The van der Waals surface area contributed by atoms with E-state index >= 15 is 0 Å². The highest BCUT2D eigenvalue weighted by molar-refractivity contribution is 5.89. The molecule has 1 aromatic heterocycles. The lowest BCUT2D eigenvalue weighted by atomic mass is 9.97. The van der Waals surface area contributed by atoms with E-state index in [0.29, 0.717) is 50.1 Å². The predicted molar refractivity (Wildman–Crippen MR) is 158 cm³/mol. The second-order valence-electron chi connectivity index (χ2n) is 12.2. The van der Waals surface area contributed by atoms with Crippen molar-refractivity contribution >= 4 is 29.3 Å². The monoisotopic (exact) mass is 584 g/mol. The van der Waals surface area contributed by atoms with Gasteiger partial charge in [-0.2, -0.15) is 0 Å². The molecule has 230 valence electrons. The highest BCUT2D eigenvalue weighted by atomic mass is 16.6.